The molecule has 2 fully saturated rings. The van der Waals surface area contributed by atoms with Crippen molar-refractivity contribution in [2.75, 3.05) is 18.1 Å². The van der Waals surface area contributed by atoms with E-state index in [1.165, 1.54) is 0 Å². The largest absolute Gasteiger partial charge is 0.352 e. The summed E-state index contributed by atoms with van der Waals surface area (Å²) < 4.78 is 24.1. The fourth-order valence-electron chi connectivity index (χ4n) is 2.49. The predicted octanol–water partition coefficient (Wildman–Crippen LogP) is 1.68. The topological polar surface area (TPSA) is 37.4 Å². The number of fused-ring (bicyclic) bond motifs is 1. The number of unbranched alkanes of at least 4 members (excludes halogenated alkanes) is 1. The molecule has 2 heterocycles. The molecule has 92 valence electrons. The molecule has 2 rings (SSSR count). The van der Waals surface area contributed by atoms with E-state index in [1.807, 2.05) is 6.92 Å². The Morgan fingerprint density at radius 2 is 2.31 bits per heavy atom. The highest BCUT2D eigenvalue weighted by Crippen LogP contribution is 2.47. The maximum absolute atomic E-state index is 11.7. The molecule has 2 saturated heterocycles. The molecule has 0 aliphatic carbocycles. The van der Waals surface area contributed by atoms with Gasteiger partial charge in [0, 0.05) is 6.54 Å². The summed E-state index contributed by atoms with van der Waals surface area (Å²) in [4.78, 5) is 2.13. The Morgan fingerprint density at radius 1 is 1.62 bits per heavy atom. The van der Waals surface area contributed by atoms with Gasteiger partial charge in [0.05, 0.1) is 22.3 Å². The van der Waals surface area contributed by atoms with E-state index in [1.54, 1.807) is 11.8 Å². The van der Waals surface area contributed by atoms with Gasteiger partial charge in [-0.15, -0.1) is 0 Å². The zero-order valence-corrected chi connectivity index (χ0v) is 12.1. The van der Waals surface area contributed by atoms with Gasteiger partial charge in [-0.25, -0.2) is 8.42 Å². The normalized spacial score (nSPS) is 36.8. The van der Waals surface area contributed by atoms with Gasteiger partial charge >= 0.3 is 0 Å². The first kappa shape index (κ1) is 12.6. The molecular weight excluding hydrogens is 262 g/mol. The van der Waals surface area contributed by atoms with Gasteiger partial charge in [0.25, 0.3) is 0 Å². The van der Waals surface area contributed by atoms with Crippen molar-refractivity contribution in [3.63, 3.8) is 0 Å². The fourth-order valence-corrected chi connectivity index (χ4v) is 7.45. The van der Waals surface area contributed by atoms with E-state index in [4.69, 9.17) is 12.2 Å². The van der Waals surface area contributed by atoms with Gasteiger partial charge < -0.3 is 4.90 Å². The molecular formula is C10H17NO2S3. The molecule has 0 unspecified atom stereocenters. The third-order valence-electron chi connectivity index (χ3n) is 3.31. The first-order chi connectivity index (χ1) is 7.38. The first-order valence-electron chi connectivity index (χ1n) is 5.58. The maximum atomic E-state index is 11.7. The second kappa shape index (κ2) is 4.14. The number of rotatable bonds is 3. The van der Waals surface area contributed by atoms with Crippen LogP contribution >= 0.6 is 24.0 Å². The second-order valence-electron chi connectivity index (χ2n) is 4.80. The smallest absolute Gasteiger partial charge is 0.153 e. The predicted molar refractivity (Wildman–Crippen MR) is 72.6 cm³/mol. The minimum atomic E-state index is -2.87. The molecule has 0 N–H and O–H groups in total. The van der Waals surface area contributed by atoms with Crippen LogP contribution in [0.15, 0.2) is 0 Å². The zero-order valence-electron chi connectivity index (χ0n) is 9.60. The summed E-state index contributed by atoms with van der Waals surface area (Å²) in [6.45, 7) is 5.07. The van der Waals surface area contributed by atoms with E-state index >= 15 is 0 Å². The van der Waals surface area contributed by atoms with Gasteiger partial charge in [0.15, 0.2) is 9.84 Å². The molecule has 0 aromatic heterocycles. The van der Waals surface area contributed by atoms with Gasteiger partial charge in [-0.05, 0) is 13.3 Å². The number of thioether (sulfide) groups is 1. The summed E-state index contributed by atoms with van der Waals surface area (Å²) in [5.74, 6) is 0.554. The van der Waals surface area contributed by atoms with Crippen LogP contribution in [-0.4, -0.2) is 46.5 Å². The summed E-state index contributed by atoms with van der Waals surface area (Å²) in [5.41, 5.74) is 0. The van der Waals surface area contributed by atoms with E-state index in [-0.39, 0.29) is 22.3 Å². The minimum absolute atomic E-state index is 0.0987. The van der Waals surface area contributed by atoms with Crippen LogP contribution in [0.1, 0.15) is 26.7 Å². The molecule has 2 aliphatic heterocycles. The molecule has 2 aliphatic rings. The SMILES string of the molecule is CCCCN1C(=S)S[C@@]2(C)CS(=O)(=O)C[C@H]12. The van der Waals surface area contributed by atoms with Crippen LogP contribution < -0.4 is 0 Å². The van der Waals surface area contributed by atoms with Crippen LogP contribution in [0.25, 0.3) is 0 Å². The third kappa shape index (κ3) is 2.11. The quantitative estimate of drug-likeness (QED) is 0.735. The van der Waals surface area contributed by atoms with E-state index in [0.29, 0.717) is 0 Å². The minimum Gasteiger partial charge on any atom is -0.352 e. The van der Waals surface area contributed by atoms with E-state index in [2.05, 4.69) is 11.8 Å². The number of hydrogen-bond acceptors (Lipinski definition) is 4. The average Bonchev–Trinajstić information content (AvgIpc) is 2.47. The highest BCUT2D eigenvalue weighted by Gasteiger charge is 2.56. The van der Waals surface area contributed by atoms with Crippen molar-refractivity contribution in [3.8, 4) is 0 Å². The van der Waals surface area contributed by atoms with Crippen molar-refractivity contribution in [2.45, 2.75) is 37.5 Å². The van der Waals surface area contributed by atoms with Crippen molar-refractivity contribution < 1.29 is 8.42 Å². The summed E-state index contributed by atoms with van der Waals surface area (Å²) in [5, 5.41) is 0. The molecule has 0 amide bonds. The number of nitrogens with zero attached hydrogens (tertiary/aromatic N) is 1. The van der Waals surface area contributed by atoms with E-state index < -0.39 is 9.84 Å². The number of thiocarbonyl (C=S) groups is 1. The van der Waals surface area contributed by atoms with Crippen LogP contribution in [0.5, 0.6) is 0 Å². The molecule has 0 saturated carbocycles. The van der Waals surface area contributed by atoms with Gasteiger partial charge in [-0.1, -0.05) is 37.3 Å². The van der Waals surface area contributed by atoms with Crippen molar-refractivity contribution in [1.82, 2.24) is 4.90 Å². The lowest BCUT2D eigenvalue weighted by Gasteiger charge is -2.26. The molecule has 0 aromatic carbocycles. The fraction of sp³-hybridized carbons (Fsp3) is 0.900. The Labute approximate surface area is 107 Å². The molecule has 0 aromatic rings. The van der Waals surface area contributed by atoms with Crippen molar-refractivity contribution in [3.05, 3.63) is 0 Å². The molecule has 16 heavy (non-hydrogen) atoms. The summed E-state index contributed by atoms with van der Waals surface area (Å²) >= 11 is 6.93. The monoisotopic (exact) mass is 279 g/mol. The Balaban J connectivity index is 2.20. The Bertz CT molecular complexity index is 406. The highest BCUT2D eigenvalue weighted by molar-refractivity contribution is 8.24. The van der Waals surface area contributed by atoms with Gasteiger partial charge in [0.1, 0.15) is 4.32 Å². The Hall–Kier alpha value is 0.190. The Kier molecular flexibility index (Phi) is 3.27. The van der Waals surface area contributed by atoms with E-state index in [0.717, 1.165) is 23.7 Å². The third-order valence-corrected chi connectivity index (χ3v) is 7.13. The van der Waals surface area contributed by atoms with Crippen LogP contribution in [0.3, 0.4) is 0 Å². The molecule has 0 spiro atoms. The molecule has 3 nitrogen and oxygen atoms in total. The summed E-state index contributed by atoms with van der Waals surface area (Å²) in [7, 11) is -2.87. The van der Waals surface area contributed by atoms with Crippen LogP contribution in [-0.2, 0) is 9.84 Å². The highest BCUT2D eigenvalue weighted by atomic mass is 32.2. The van der Waals surface area contributed by atoms with Crippen LogP contribution in [0.2, 0.25) is 0 Å². The second-order valence-corrected chi connectivity index (χ2v) is 9.08. The summed E-state index contributed by atoms with van der Waals surface area (Å²) in [6.07, 6.45) is 2.19. The van der Waals surface area contributed by atoms with Crippen LogP contribution in [0, 0.1) is 0 Å². The molecule has 2 atom stereocenters. The Morgan fingerprint density at radius 3 is 2.94 bits per heavy atom. The van der Waals surface area contributed by atoms with Crippen molar-refractivity contribution in [1.29, 1.82) is 0 Å². The standard InChI is InChI=1S/C10H17NO2S3/c1-3-4-5-11-8-6-16(12,13)7-10(8,2)15-9(11)14/h8H,3-7H2,1-2H3/t8-,10-/m0/s1. The number of sulfone groups is 1. The average molecular weight is 279 g/mol. The van der Waals surface area contributed by atoms with Crippen molar-refractivity contribution >= 4 is 38.1 Å². The molecule has 6 heteroatoms. The lowest BCUT2D eigenvalue weighted by atomic mass is 10.0. The number of hydrogen-bond donors (Lipinski definition) is 0. The van der Waals surface area contributed by atoms with Crippen LogP contribution in [0.4, 0.5) is 0 Å². The summed E-state index contributed by atoms with van der Waals surface area (Å²) in [6, 6.07) is 0.0987. The molecule has 0 bridgehead atoms. The lowest BCUT2D eigenvalue weighted by molar-refractivity contribution is 0.320. The van der Waals surface area contributed by atoms with Gasteiger partial charge in [-0.3, -0.25) is 0 Å². The van der Waals surface area contributed by atoms with Gasteiger partial charge in [-0.2, -0.15) is 0 Å². The van der Waals surface area contributed by atoms with Crippen molar-refractivity contribution in [2.24, 2.45) is 0 Å². The molecule has 0 radical (unpaired) electrons. The van der Waals surface area contributed by atoms with Gasteiger partial charge in [0.2, 0.25) is 0 Å². The lowest BCUT2D eigenvalue weighted by Crippen LogP contribution is -2.41. The van der Waals surface area contributed by atoms with E-state index in [9.17, 15) is 8.42 Å². The first-order valence-corrected chi connectivity index (χ1v) is 8.62. The maximum Gasteiger partial charge on any atom is 0.153 e. The zero-order chi connectivity index (χ0) is 12.0.